The lowest BCUT2D eigenvalue weighted by molar-refractivity contribution is -0.875. The van der Waals surface area contributed by atoms with Crippen molar-refractivity contribution in [3.8, 4) is 11.8 Å². The number of hydrogen-bond donors (Lipinski definition) is 0. The standard InChI is InChI=1S/C16H31N2O/c1-8-17(9-2)12-10-11-13-18(6,7)14-15(19)16(3,4)5/h8-9,12-14H2,1-7H3/q+1. The number of rotatable bonds is 6. The molecule has 0 aromatic rings. The van der Waals surface area contributed by atoms with Crippen LogP contribution in [-0.2, 0) is 4.79 Å². The fourth-order valence-corrected chi connectivity index (χ4v) is 1.57. The van der Waals surface area contributed by atoms with Gasteiger partial charge in [-0.2, -0.15) is 0 Å². The average molecular weight is 267 g/mol. The summed E-state index contributed by atoms with van der Waals surface area (Å²) in [5.41, 5.74) is -0.260. The Labute approximate surface area is 119 Å². The van der Waals surface area contributed by atoms with E-state index in [9.17, 15) is 4.79 Å². The van der Waals surface area contributed by atoms with Crippen molar-refractivity contribution >= 4 is 5.78 Å². The van der Waals surface area contributed by atoms with Crippen LogP contribution in [0.15, 0.2) is 0 Å². The highest BCUT2D eigenvalue weighted by Crippen LogP contribution is 2.16. The van der Waals surface area contributed by atoms with Crippen molar-refractivity contribution in [3.63, 3.8) is 0 Å². The number of ketones is 1. The van der Waals surface area contributed by atoms with Gasteiger partial charge in [-0.15, -0.1) is 0 Å². The zero-order valence-corrected chi connectivity index (χ0v) is 13.8. The molecule has 0 bridgehead atoms. The first-order valence-electron chi connectivity index (χ1n) is 7.15. The summed E-state index contributed by atoms with van der Waals surface area (Å²) in [6.45, 7) is 14.4. The van der Waals surface area contributed by atoms with Crippen LogP contribution < -0.4 is 0 Å². The summed E-state index contributed by atoms with van der Waals surface area (Å²) in [6.07, 6.45) is 0. The Morgan fingerprint density at radius 3 is 2.05 bits per heavy atom. The third-order valence-electron chi connectivity index (χ3n) is 3.24. The van der Waals surface area contributed by atoms with Crippen LogP contribution in [0.1, 0.15) is 34.6 Å². The first-order valence-corrected chi connectivity index (χ1v) is 7.15. The molecule has 0 radical (unpaired) electrons. The van der Waals surface area contributed by atoms with Gasteiger partial charge in [0.05, 0.1) is 20.6 Å². The smallest absolute Gasteiger partial charge is 0.192 e. The predicted molar refractivity (Wildman–Crippen MR) is 81.9 cm³/mol. The number of nitrogens with zero attached hydrogens (tertiary/aromatic N) is 2. The Bertz CT molecular complexity index is 338. The Morgan fingerprint density at radius 1 is 1.11 bits per heavy atom. The number of Topliss-reactive ketones (excluding diaryl/α,β-unsaturated/α-hetero) is 1. The predicted octanol–water partition coefficient (Wildman–Crippen LogP) is 2.02. The van der Waals surface area contributed by atoms with Crippen LogP contribution in [0, 0.1) is 17.3 Å². The Balaban J connectivity index is 4.32. The van der Waals surface area contributed by atoms with Gasteiger partial charge < -0.3 is 4.48 Å². The summed E-state index contributed by atoms with van der Waals surface area (Å²) in [6, 6.07) is 0. The fraction of sp³-hybridized carbons (Fsp3) is 0.812. The molecule has 0 aromatic carbocycles. The van der Waals surface area contributed by atoms with Crippen LogP contribution in [0.3, 0.4) is 0 Å². The van der Waals surface area contributed by atoms with Gasteiger partial charge in [0.1, 0.15) is 13.1 Å². The Morgan fingerprint density at radius 2 is 1.63 bits per heavy atom. The lowest BCUT2D eigenvalue weighted by Gasteiger charge is -2.29. The van der Waals surface area contributed by atoms with Gasteiger partial charge in [-0.1, -0.05) is 40.5 Å². The molecule has 0 N–H and O–H groups in total. The maximum absolute atomic E-state index is 12.0. The molecule has 0 atom stereocenters. The highest BCUT2D eigenvalue weighted by atomic mass is 16.1. The van der Waals surface area contributed by atoms with Crippen molar-refractivity contribution in [2.24, 2.45) is 5.41 Å². The minimum Gasteiger partial charge on any atom is -0.312 e. The molecule has 0 aliphatic heterocycles. The van der Waals surface area contributed by atoms with E-state index in [0.717, 1.165) is 26.2 Å². The first-order chi connectivity index (χ1) is 8.62. The van der Waals surface area contributed by atoms with Crippen LogP contribution in [0.25, 0.3) is 0 Å². The molecule has 3 heteroatoms. The molecule has 0 aromatic heterocycles. The second-order valence-corrected chi connectivity index (χ2v) is 6.74. The van der Waals surface area contributed by atoms with E-state index >= 15 is 0 Å². The molecule has 0 fully saturated rings. The van der Waals surface area contributed by atoms with E-state index in [1.54, 1.807) is 0 Å². The van der Waals surface area contributed by atoms with Gasteiger partial charge >= 0.3 is 0 Å². The van der Waals surface area contributed by atoms with Gasteiger partial charge in [0.15, 0.2) is 5.78 Å². The zero-order valence-electron chi connectivity index (χ0n) is 13.8. The molecule has 0 amide bonds. The number of quaternary nitrogens is 1. The summed E-state index contributed by atoms with van der Waals surface area (Å²) in [5.74, 6) is 6.71. The molecule has 0 spiro atoms. The Kier molecular flexibility index (Phi) is 7.33. The van der Waals surface area contributed by atoms with Crippen LogP contribution >= 0.6 is 0 Å². The number of likely N-dealkylation sites (N-methyl/N-ethyl adjacent to an activating group) is 1. The van der Waals surface area contributed by atoms with E-state index in [4.69, 9.17) is 0 Å². The molecule has 0 aliphatic carbocycles. The van der Waals surface area contributed by atoms with Crippen molar-refractivity contribution < 1.29 is 9.28 Å². The molecular formula is C16H31N2O+. The molecule has 0 aliphatic rings. The van der Waals surface area contributed by atoms with Gasteiger partial charge in [-0.3, -0.25) is 9.69 Å². The highest BCUT2D eigenvalue weighted by molar-refractivity contribution is 5.84. The number of hydrogen-bond acceptors (Lipinski definition) is 2. The summed E-state index contributed by atoms with van der Waals surface area (Å²) < 4.78 is 0.640. The van der Waals surface area contributed by atoms with Gasteiger partial charge in [0, 0.05) is 5.41 Å². The molecule has 0 unspecified atom stereocenters. The maximum atomic E-state index is 12.0. The van der Waals surface area contributed by atoms with E-state index in [2.05, 4.69) is 44.7 Å². The van der Waals surface area contributed by atoms with Gasteiger partial charge in [-0.25, -0.2) is 0 Å². The minimum absolute atomic E-state index is 0.260. The summed E-state index contributed by atoms with van der Waals surface area (Å²) in [7, 11) is 4.13. The van der Waals surface area contributed by atoms with E-state index in [1.807, 2.05) is 20.8 Å². The van der Waals surface area contributed by atoms with Gasteiger partial charge in [-0.05, 0) is 19.0 Å². The maximum Gasteiger partial charge on any atom is 0.192 e. The monoisotopic (exact) mass is 267 g/mol. The fourth-order valence-electron chi connectivity index (χ4n) is 1.57. The van der Waals surface area contributed by atoms with Crippen LogP contribution in [0.5, 0.6) is 0 Å². The van der Waals surface area contributed by atoms with E-state index in [0.29, 0.717) is 16.8 Å². The summed E-state index contributed by atoms with van der Waals surface area (Å²) in [5, 5.41) is 0. The molecule has 19 heavy (non-hydrogen) atoms. The molecular weight excluding hydrogens is 236 g/mol. The van der Waals surface area contributed by atoms with E-state index in [-0.39, 0.29) is 5.41 Å². The molecule has 3 nitrogen and oxygen atoms in total. The summed E-state index contributed by atoms with van der Waals surface area (Å²) in [4.78, 5) is 14.3. The lowest BCUT2D eigenvalue weighted by atomic mass is 9.90. The normalized spacial score (nSPS) is 12.2. The molecule has 0 heterocycles. The SMILES string of the molecule is CCN(CC)CC#CC[N+](C)(C)CC(=O)C(C)(C)C. The third-order valence-corrected chi connectivity index (χ3v) is 3.24. The number of carbonyl (C=O) groups excluding carboxylic acids is 1. The van der Waals surface area contributed by atoms with Crippen LogP contribution in [-0.4, -0.2) is 62.0 Å². The molecule has 0 rings (SSSR count). The van der Waals surface area contributed by atoms with Crippen LogP contribution in [0.4, 0.5) is 0 Å². The van der Waals surface area contributed by atoms with Crippen molar-refractivity contribution in [2.75, 3.05) is 46.8 Å². The quantitative estimate of drug-likeness (QED) is 0.542. The summed E-state index contributed by atoms with van der Waals surface area (Å²) >= 11 is 0. The van der Waals surface area contributed by atoms with Crippen LogP contribution in [0.2, 0.25) is 0 Å². The highest BCUT2D eigenvalue weighted by Gasteiger charge is 2.28. The largest absolute Gasteiger partial charge is 0.312 e. The van der Waals surface area contributed by atoms with Crippen molar-refractivity contribution in [1.82, 2.24) is 4.90 Å². The first kappa shape index (κ1) is 18.1. The Hall–Kier alpha value is -0.850. The second kappa shape index (κ2) is 7.67. The third kappa shape index (κ3) is 8.02. The van der Waals surface area contributed by atoms with E-state index in [1.165, 1.54) is 0 Å². The molecule has 0 saturated heterocycles. The van der Waals surface area contributed by atoms with Crippen molar-refractivity contribution in [3.05, 3.63) is 0 Å². The van der Waals surface area contributed by atoms with Crippen molar-refractivity contribution in [1.29, 1.82) is 0 Å². The molecule has 110 valence electrons. The number of carbonyl (C=O) groups is 1. The van der Waals surface area contributed by atoms with Gasteiger partial charge in [0.25, 0.3) is 0 Å². The average Bonchev–Trinajstić information content (AvgIpc) is 2.27. The lowest BCUT2D eigenvalue weighted by Crippen LogP contribution is -2.47. The minimum atomic E-state index is -0.260. The second-order valence-electron chi connectivity index (χ2n) is 6.74. The zero-order chi connectivity index (χ0) is 15.1. The topological polar surface area (TPSA) is 20.3 Å². The van der Waals surface area contributed by atoms with Crippen molar-refractivity contribution in [2.45, 2.75) is 34.6 Å². The van der Waals surface area contributed by atoms with Gasteiger partial charge in [0.2, 0.25) is 0 Å². The van der Waals surface area contributed by atoms with E-state index < -0.39 is 0 Å². The molecule has 0 saturated carbocycles.